The molecule has 0 amide bonds. The zero-order valence-electron chi connectivity index (χ0n) is 14.9. The van der Waals surface area contributed by atoms with Crippen molar-refractivity contribution >= 4 is 10.0 Å². The smallest absolute Gasteiger partial charge is 0.216 e. The van der Waals surface area contributed by atoms with Crippen molar-refractivity contribution in [1.82, 2.24) is 9.62 Å². The van der Waals surface area contributed by atoms with Crippen molar-refractivity contribution in [2.75, 3.05) is 13.1 Å². The molecule has 27 heavy (non-hydrogen) atoms. The normalized spacial score (nSPS) is 16.1. The number of sulfonamides is 1. The first-order valence-corrected chi connectivity index (χ1v) is 10.6. The zero-order valence-corrected chi connectivity index (χ0v) is 15.8. The molecule has 0 unspecified atom stereocenters. The summed E-state index contributed by atoms with van der Waals surface area (Å²) in [7, 11) is -3.68. The molecule has 3 rings (SSSR count). The second-order valence-corrected chi connectivity index (χ2v) is 8.58. The van der Waals surface area contributed by atoms with Crippen LogP contribution in [-0.2, 0) is 22.3 Å². The van der Waals surface area contributed by atoms with E-state index >= 15 is 0 Å². The van der Waals surface area contributed by atoms with Crippen LogP contribution in [0.4, 0.5) is 4.39 Å². The third-order valence-electron chi connectivity index (χ3n) is 4.70. The summed E-state index contributed by atoms with van der Waals surface area (Å²) in [5.74, 6) is -1.07. The lowest BCUT2D eigenvalue weighted by Gasteiger charge is -2.32. The molecule has 1 fully saturated rings. The van der Waals surface area contributed by atoms with Crippen molar-refractivity contribution in [3.63, 3.8) is 0 Å². The Morgan fingerprint density at radius 2 is 1.85 bits per heavy atom. The van der Waals surface area contributed by atoms with Gasteiger partial charge in [0.1, 0.15) is 5.82 Å². The first kappa shape index (κ1) is 19.5. The predicted octanol–water partition coefficient (Wildman–Crippen LogP) is 2.78. The molecule has 2 aromatic rings. The second kappa shape index (κ2) is 8.61. The number of nitrogens with one attached hydrogen (secondary N) is 1. The maximum Gasteiger partial charge on any atom is 0.216 e. The summed E-state index contributed by atoms with van der Waals surface area (Å²) in [5, 5.41) is 8.90. The summed E-state index contributed by atoms with van der Waals surface area (Å²) >= 11 is 0. The van der Waals surface area contributed by atoms with Crippen LogP contribution in [0.25, 0.3) is 0 Å². The number of halogens is 1. The average molecular weight is 387 g/mol. The van der Waals surface area contributed by atoms with Crippen LogP contribution >= 0.6 is 0 Å². The minimum atomic E-state index is -3.68. The molecule has 1 heterocycles. The van der Waals surface area contributed by atoms with Crippen LogP contribution in [0, 0.1) is 17.1 Å². The van der Waals surface area contributed by atoms with Gasteiger partial charge in [0, 0.05) is 31.2 Å². The molecule has 2 aromatic carbocycles. The molecule has 0 saturated carbocycles. The monoisotopic (exact) mass is 387 g/mol. The zero-order chi connectivity index (χ0) is 19.3. The van der Waals surface area contributed by atoms with Gasteiger partial charge in [-0.2, -0.15) is 5.26 Å². The van der Waals surface area contributed by atoms with E-state index in [2.05, 4.69) is 21.8 Å². The van der Waals surface area contributed by atoms with E-state index < -0.39 is 21.6 Å². The first-order chi connectivity index (χ1) is 12.9. The Morgan fingerprint density at radius 1 is 1.15 bits per heavy atom. The Hall–Kier alpha value is -2.27. The number of hydrogen-bond donors (Lipinski definition) is 1. The highest BCUT2D eigenvalue weighted by atomic mass is 32.2. The van der Waals surface area contributed by atoms with Gasteiger partial charge in [0.2, 0.25) is 10.0 Å². The van der Waals surface area contributed by atoms with Gasteiger partial charge >= 0.3 is 0 Å². The summed E-state index contributed by atoms with van der Waals surface area (Å²) in [6.07, 6.45) is 1.43. The summed E-state index contributed by atoms with van der Waals surface area (Å²) in [6, 6.07) is 15.7. The van der Waals surface area contributed by atoms with Gasteiger partial charge in [-0.05, 0) is 36.6 Å². The molecule has 1 N–H and O–H groups in total. The maximum absolute atomic E-state index is 13.9. The fourth-order valence-corrected chi connectivity index (χ4v) is 4.76. The molecule has 0 atom stereocenters. The summed E-state index contributed by atoms with van der Waals surface area (Å²) in [5.41, 5.74) is 1.50. The van der Waals surface area contributed by atoms with E-state index in [4.69, 9.17) is 5.26 Å². The van der Waals surface area contributed by atoms with Crippen LogP contribution in [0.15, 0.2) is 48.5 Å². The molecule has 1 aliphatic heterocycles. The van der Waals surface area contributed by atoms with Gasteiger partial charge in [0.05, 0.1) is 17.4 Å². The van der Waals surface area contributed by atoms with Crippen LogP contribution in [0.3, 0.4) is 0 Å². The molecule has 142 valence electrons. The molecule has 5 nitrogen and oxygen atoms in total. The van der Waals surface area contributed by atoms with Gasteiger partial charge in [-0.25, -0.2) is 17.5 Å². The van der Waals surface area contributed by atoms with E-state index in [1.165, 1.54) is 17.7 Å². The molecule has 0 radical (unpaired) electrons. The van der Waals surface area contributed by atoms with E-state index in [-0.39, 0.29) is 17.2 Å². The fraction of sp³-hybridized carbons (Fsp3) is 0.350. The Kier molecular flexibility index (Phi) is 6.22. The number of nitrogens with zero attached hydrogens (tertiary/aromatic N) is 2. The molecule has 0 bridgehead atoms. The van der Waals surface area contributed by atoms with E-state index in [1.54, 1.807) is 0 Å². The third-order valence-corrected chi connectivity index (χ3v) is 6.09. The minimum absolute atomic E-state index is 0.0167. The van der Waals surface area contributed by atoms with E-state index in [0.717, 1.165) is 25.7 Å². The van der Waals surface area contributed by atoms with Gasteiger partial charge in [-0.3, -0.25) is 4.90 Å². The van der Waals surface area contributed by atoms with Crippen molar-refractivity contribution in [2.45, 2.75) is 31.2 Å². The van der Waals surface area contributed by atoms with E-state index in [1.807, 2.05) is 24.3 Å². The van der Waals surface area contributed by atoms with E-state index in [0.29, 0.717) is 12.8 Å². The van der Waals surface area contributed by atoms with Crippen molar-refractivity contribution < 1.29 is 12.8 Å². The largest absolute Gasteiger partial charge is 0.299 e. The minimum Gasteiger partial charge on any atom is -0.299 e. The number of piperidine rings is 1. The lowest BCUT2D eigenvalue weighted by Crippen LogP contribution is -2.44. The SMILES string of the molecule is N#Cc1ccc(F)c(CS(=O)(=O)NC2CCN(Cc3ccccc3)CC2)c1. The molecule has 1 aliphatic rings. The lowest BCUT2D eigenvalue weighted by molar-refractivity contribution is 0.200. The van der Waals surface area contributed by atoms with Gasteiger partial charge in [-0.15, -0.1) is 0 Å². The summed E-state index contributed by atoms with van der Waals surface area (Å²) in [4.78, 5) is 2.30. The lowest BCUT2D eigenvalue weighted by atomic mass is 10.1. The number of benzene rings is 2. The Morgan fingerprint density at radius 3 is 2.52 bits per heavy atom. The number of rotatable bonds is 6. The highest BCUT2D eigenvalue weighted by molar-refractivity contribution is 7.88. The van der Waals surface area contributed by atoms with E-state index in [9.17, 15) is 12.8 Å². The molecule has 7 heteroatoms. The number of nitriles is 1. The van der Waals surface area contributed by atoms with Crippen LogP contribution in [0.5, 0.6) is 0 Å². The fourth-order valence-electron chi connectivity index (χ4n) is 3.31. The average Bonchev–Trinajstić information content (AvgIpc) is 2.65. The summed E-state index contributed by atoms with van der Waals surface area (Å²) in [6.45, 7) is 2.47. The molecule has 1 saturated heterocycles. The number of likely N-dealkylation sites (tertiary alicyclic amines) is 1. The Bertz CT molecular complexity index is 918. The maximum atomic E-state index is 13.9. The van der Waals surface area contributed by atoms with Gasteiger partial charge in [0.25, 0.3) is 0 Å². The van der Waals surface area contributed by atoms with Gasteiger partial charge < -0.3 is 0 Å². The molecular weight excluding hydrogens is 365 g/mol. The highest BCUT2D eigenvalue weighted by Gasteiger charge is 2.24. The van der Waals surface area contributed by atoms with Crippen molar-refractivity contribution in [1.29, 1.82) is 5.26 Å². The first-order valence-electron chi connectivity index (χ1n) is 8.90. The highest BCUT2D eigenvalue weighted by Crippen LogP contribution is 2.17. The molecule has 0 aliphatic carbocycles. The summed E-state index contributed by atoms with van der Waals surface area (Å²) < 4.78 is 41.4. The number of hydrogen-bond acceptors (Lipinski definition) is 4. The topological polar surface area (TPSA) is 73.2 Å². The van der Waals surface area contributed by atoms with Crippen molar-refractivity contribution in [2.24, 2.45) is 0 Å². The quantitative estimate of drug-likeness (QED) is 0.827. The Labute approximate surface area is 159 Å². The van der Waals surface area contributed by atoms with Crippen LogP contribution < -0.4 is 4.72 Å². The van der Waals surface area contributed by atoms with Gasteiger partial charge in [-0.1, -0.05) is 30.3 Å². The van der Waals surface area contributed by atoms with Crippen LogP contribution in [-0.4, -0.2) is 32.4 Å². The Balaban J connectivity index is 1.54. The molecule has 0 spiro atoms. The second-order valence-electron chi connectivity index (χ2n) is 6.83. The standard InChI is InChI=1S/C20H22FN3O2S/c21-20-7-6-17(13-22)12-18(20)15-27(25,26)23-19-8-10-24(11-9-19)14-16-4-2-1-3-5-16/h1-7,12,19,23H,8-11,14-15H2. The van der Waals surface area contributed by atoms with Crippen molar-refractivity contribution in [3.8, 4) is 6.07 Å². The van der Waals surface area contributed by atoms with Gasteiger partial charge in [0.15, 0.2) is 0 Å². The van der Waals surface area contributed by atoms with Crippen LogP contribution in [0.1, 0.15) is 29.5 Å². The molecule has 0 aromatic heterocycles. The predicted molar refractivity (Wildman–Crippen MR) is 102 cm³/mol. The van der Waals surface area contributed by atoms with Crippen LogP contribution in [0.2, 0.25) is 0 Å². The van der Waals surface area contributed by atoms with Crippen molar-refractivity contribution in [3.05, 3.63) is 71.0 Å². The molecular formula is C20H22FN3O2S. The third kappa shape index (κ3) is 5.60.